The number of hydrogen-bond acceptors (Lipinski definition) is 7. The monoisotopic (exact) mass is 467 g/mol. The van der Waals surface area contributed by atoms with Crippen molar-refractivity contribution in [1.29, 1.82) is 0 Å². The van der Waals surface area contributed by atoms with E-state index in [1.54, 1.807) is 19.1 Å². The summed E-state index contributed by atoms with van der Waals surface area (Å²) in [5, 5.41) is 36.3. The highest BCUT2D eigenvalue weighted by molar-refractivity contribution is 6.32. The van der Waals surface area contributed by atoms with E-state index in [-0.39, 0.29) is 39.6 Å². The number of hydrogen-bond donors (Lipinski definition) is 4. The van der Waals surface area contributed by atoms with E-state index >= 15 is 0 Å². The maximum atomic E-state index is 13.8. The molecule has 0 amide bonds. The Balaban J connectivity index is 1.69. The quantitative estimate of drug-likeness (QED) is 0.247. The fourth-order valence-corrected chi connectivity index (χ4v) is 5.86. The number of phenolic OH excluding ortho intramolecular Hbond substituents is 2. The highest BCUT2D eigenvalue weighted by Crippen LogP contribution is 2.68. The lowest BCUT2D eigenvalue weighted by Crippen LogP contribution is -2.52. The molecule has 0 radical (unpaired) electrons. The van der Waals surface area contributed by atoms with Crippen LogP contribution in [-0.4, -0.2) is 44.6 Å². The highest BCUT2D eigenvalue weighted by Gasteiger charge is 2.81. The second kappa shape index (κ2) is 6.76. The van der Waals surface area contributed by atoms with Gasteiger partial charge in [-0.1, -0.05) is 43.6 Å². The minimum absolute atomic E-state index is 0.0207. The summed E-state index contributed by atoms with van der Waals surface area (Å²) in [6.07, 6.45) is 1.80. The Bertz CT molecular complexity index is 1550. The molecule has 7 heteroatoms. The second-order valence-electron chi connectivity index (χ2n) is 9.56. The molecule has 174 valence electrons. The Kier molecular flexibility index (Phi) is 4.15. The summed E-state index contributed by atoms with van der Waals surface area (Å²) in [6.45, 7) is 5.51. The van der Waals surface area contributed by atoms with Crippen LogP contribution in [0.2, 0.25) is 0 Å². The molecule has 2 aliphatic carbocycles. The third-order valence-electron chi connectivity index (χ3n) is 7.54. The van der Waals surface area contributed by atoms with Crippen LogP contribution < -0.4 is 5.32 Å². The van der Waals surface area contributed by atoms with Crippen molar-refractivity contribution in [3.8, 4) is 35.2 Å². The number of aromatic hydroxyl groups is 2. The molecule has 2 aliphatic heterocycles. The van der Waals surface area contributed by atoms with Crippen LogP contribution in [-0.2, 0) is 10.3 Å². The van der Waals surface area contributed by atoms with Gasteiger partial charge in [0.05, 0.1) is 22.4 Å². The molecule has 4 atom stereocenters. The van der Waals surface area contributed by atoms with Gasteiger partial charge in [-0.05, 0) is 42.7 Å². The van der Waals surface area contributed by atoms with Gasteiger partial charge in [0.2, 0.25) is 0 Å². The number of rotatable bonds is 1. The zero-order valence-corrected chi connectivity index (χ0v) is 19.2. The molecular weight excluding hydrogens is 446 g/mol. The molecule has 2 aromatic rings. The molecule has 0 spiro atoms. The molecule has 4 N–H and O–H groups in total. The van der Waals surface area contributed by atoms with E-state index in [1.807, 2.05) is 13.8 Å². The van der Waals surface area contributed by atoms with Crippen LogP contribution in [0, 0.1) is 36.5 Å². The number of nitrogens with one attached hydrogen (secondary N) is 1. The minimum Gasteiger partial charge on any atom is -0.507 e. The molecule has 2 aromatic carbocycles. The molecule has 1 unspecified atom stereocenters. The molecule has 0 aromatic heterocycles. The standard InChI is InChI=1S/C28H21NO6/c1-13(2)27-18-8-6-4-5-7-9-19(31)28(27,35-27)16-12-17(30)21-22(23(16)29-18)26(34)20-15(25(21)33)11-10-14(3)24(20)32/h4-5,10-13,18-19,29-32H,1-3H3/b5-4-/t18-,19+,27-,28?/m0/s1. The molecule has 0 saturated carbocycles. The van der Waals surface area contributed by atoms with Gasteiger partial charge >= 0.3 is 0 Å². The molecule has 35 heavy (non-hydrogen) atoms. The normalized spacial score (nSPS) is 29.7. The first-order valence-corrected chi connectivity index (χ1v) is 11.3. The van der Waals surface area contributed by atoms with Gasteiger partial charge < -0.3 is 25.4 Å². The van der Waals surface area contributed by atoms with Gasteiger partial charge in [0.1, 0.15) is 23.1 Å². The molecule has 4 aliphatic rings. The van der Waals surface area contributed by atoms with Gasteiger partial charge in [0.15, 0.2) is 23.3 Å². The maximum Gasteiger partial charge on any atom is 0.200 e. The van der Waals surface area contributed by atoms with Crippen molar-refractivity contribution >= 4 is 17.3 Å². The third kappa shape index (κ3) is 2.39. The lowest BCUT2D eigenvalue weighted by molar-refractivity contribution is 0.0973. The van der Waals surface area contributed by atoms with Crippen molar-refractivity contribution in [1.82, 2.24) is 0 Å². The number of ether oxygens (including phenoxy) is 1. The van der Waals surface area contributed by atoms with E-state index in [9.17, 15) is 24.9 Å². The number of epoxide rings is 1. The summed E-state index contributed by atoms with van der Waals surface area (Å²) in [4.78, 5) is 27.2. The van der Waals surface area contributed by atoms with Crippen LogP contribution in [0.3, 0.4) is 0 Å². The van der Waals surface area contributed by atoms with Gasteiger partial charge in [-0.2, -0.15) is 0 Å². The predicted molar refractivity (Wildman–Crippen MR) is 126 cm³/mol. The number of carbonyl (C=O) groups is 2. The molecule has 2 heterocycles. The van der Waals surface area contributed by atoms with E-state index in [0.29, 0.717) is 11.1 Å². The smallest absolute Gasteiger partial charge is 0.200 e. The Hall–Kier alpha value is -4.04. The van der Waals surface area contributed by atoms with Gasteiger partial charge in [-0.25, -0.2) is 0 Å². The van der Waals surface area contributed by atoms with Crippen molar-refractivity contribution in [2.75, 3.05) is 5.32 Å². The van der Waals surface area contributed by atoms with Crippen LogP contribution in [0.1, 0.15) is 56.8 Å². The number of anilines is 1. The average Bonchev–Trinajstić information content (AvgIpc) is 3.55. The first-order valence-electron chi connectivity index (χ1n) is 11.3. The fourth-order valence-electron chi connectivity index (χ4n) is 5.86. The van der Waals surface area contributed by atoms with E-state index in [4.69, 9.17) is 4.74 Å². The fraction of sp³-hybridized carbons (Fsp3) is 0.286. The van der Waals surface area contributed by atoms with Crippen molar-refractivity contribution in [2.45, 2.75) is 44.1 Å². The minimum atomic E-state index is -1.38. The Morgan fingerprint density at radius 1 is 1.03 bits per heavy atom. The number of benzene rings is 2. The van der Waals surface area contributed by atoms with Crippen molar-refractivity contribution < 1.29 is 29.6 Å². The van der Waals surface area contributed by atoms with Gasteiger partial charge in [0.25, 0.3) is 0 Å². The molecule has 6 rings (SSSR count). The van der Waals surface area contributed by atoms with Crippen LogP contribution in [0.4, 0.5) is 5.69 Å². The number of carbonyl (C=O) groups excluding carboxylic acids is 2. The van der Waals surface area contributed by atoms with E-state index in [2.05, 4.69) is 29.0 Å². The number of aliphatic hydroxyl groups excluding tert-OH is 1. The molecule has 7 nitrogen and oxygen atoms in total. The first kappa shape index (κ1) is 21.5. The van der Waals surface area contributed by atoms with Crippen LogP contribution >= 0.6 is 0 Å². The number of aryl methyl sites for hydroxylation is 1. The van der Waals surface area contributed by atoms with Crippen molar-refractivity contribution in [2.24, 2.45) is 5.92 Å². The highest BCUT2D eigenvalue weighted by atomic mass is 16.6. The number of fused-ring (bicyclic) bond motifs is 4. The van der Waals surface area contributed by atoms with Gasteiger partial charge in [-0.15, -0.1) is 0 Å². The van der Waals surface area contributed by atoms with Crippen molar-refractivity contribution in [3.05, 3.63) is 63.7 Å². The Morgan fingerprint density at radius 2 is 1.74 bits per heavy atom. The van der Waals surface area contributed by atoms with E-state index in [0.717, 1.165) is 0 Å². The summed E-state index contributed by atoms with van der Waals surface area (Å²) in [7, 11) is 0. The van der Waals surface area contributed by atoms with Crippen LogP contribution in [0.25, 0.3) is 0 Å². The number of allylic oxidation sites excluding steroid dienone is 2. The SMILES string of the molecule is Cc1ccc2c(c1O)C(=O)c1c3c(cc(O)c1C2=O)C12O[C@@]1(C(C)C)[C@H](C#C/C=C\C#C[C@H]2O)N3. The lowest BCUT2D eigenvalue weighted by Gasteiger charge is -2.38. The molecule has 2 bridgehead atoms. The topological polar surface area (TPSA) is 119 Å². The molecular formula is C28H21NO6. The Labute approximate surface area is 201 Å². The summed E-state index contributed by atoms with van der Waals surface area (Å²) in [5.74, 6) is 9.59. The van der Waals surface area contributed by atoms with Gasteiger partial charge in [-0.3, -0.25) is 9.59 Å². The van der Waals surface area contributed by atoms with Crippen molar-refractivity contribution in [3.63, 3.8) is 0 Å². The lowest BCUT2D eigenvalue weighted by atomic mass is 9.67. The zero-order valence-electron chi connectivity index (χ0n) is 19.2. The summed E-state index contributed by atoms with van der Waals surface area (Å²) >= 11 is 0. The maximum absolute atomic E-state index is 13.8. The summed E-state index contributed by atoms with van der Waals surface area (Å²) < 4.78 is 6.37. The number of aliphatic hydroxyl groups is 1. The van der Waals surface area contributed by atoms with Crippen LogP contribution in [0.15, 0.2) is 30.4 Å². The second-order valence-corrected chi connectivity index (χ2v) is 9.56. The summed E-state index contributed by atoms with van der Waals surface area (Å²) in [6, 6.07) is 3.74. The van der Waals surface area contributed by atoms with E-state index < -0.39 is 40.7 Å². The zero-order chi connectivity index (χ0) is 24.9. The predicted octanol–water partition coefficient (Wildman–Crippen LogP) is 2.53. The third-order valence-corrected chi connectivity index (χ3v) is 7.54. The van der Waals surface area contributed by atoms with Gasteiger partial charge in [0, 0.05) is 11.1 Å². The number of ketones is 2. The molecule has 1 fully saturated rings. The number of phenols is 2. The summed E-state index contributed by atoms with van der Waals surface area (Å²) in [5.41, 5.74) is -1.71. The first-order chi connectivity index (χ1) is 16.7. The largest absolute Gasteiger partial charge is 0.507 e. The van der Waals surface area contributed by atoms with E-state index in [1.165, 1.54) is 18.2 Å². The average molecular weight is 467 g/mol. The molecule has 1 saturated heterocycles. The Morgan fingerprint density at radius 3 is 2.46 bits per heavy atom. The van der Waals surface area contributed by atoms with Crippen LogP contribution in [0.5, 0.6) is 11.5 Å².